The van der Waals surface area contributed by atoms with Crippen LogP contribution in [0.25, 0.3) is 0 Å². The number of hydrogen-bond donors (Lipinski definition) is 2. The van der Waals surface area contributed by atoms with Crippen molar-refractivity contribution < 1.29 is 0 Å². The van der Waals surface area contributed by atoms with Crippen molar-refractivity contribution in [2.45, 2.75) is 6.92 Å². The smallest absolute Gasteiger partial charge is 0.191 e. The molecule has 5 heteroatoms. The zero-order valence-electron chi connectivity index (χ0n) is 7.62. The first-order valence-corrected chi connectivity index (χ1v) is 4.81. The fraction of sp³-hybridized carbons (Fsp3) is 0.111. The molecule has 0 saturated carbocycles. The molecule has 1 aromatic carbocycles. The molecule has 1 aromatic rings. The Bertz CT molecular complexity index is 334. The van der Waals surface area contributed by atoms with Crippen LogP contribution in [0, 0.1) is 0 Å². The van der Waals surface area contributed by atoms with Gasteiger partial charge < -0.3 is 5.32 Å². The molecule has 0 heterocycles. The van der Waals surface area contributed by atoms with Crippen LogP contribution in [0.5, 0.6) is 0 Å². The van der Waals surface area contributed by atoms with Crippen molar-refractivity contribution in [1.29, 1.82) is 0 Å². The Balaban J connectivity index is 2.52. The van der Waals surface area contributed by atoms with Crippen LogP contribution in [-0.2, 0) is 0 Å². The number of thiocarbonyl (C=S) groups is 1. The quantitative estimate of drug-likeness (QED) is 0.463. The van der Waals surface area contributed by atoms with E-state index >= 15 is 0 Å². The van der Waals surface area contributed by atoms with Gasteiger partial charge in [0, 0.05) is 16.9 Å². The normalized spacial score (nSPS) is 10.1. The molecule has 0 spiro atoms. The van der Waals surface area contributed by atoms with Gasteiger partial charge in [-0.25, -0.2) is 0 Å². The molecule has 0 amide bonds. The fourth-order valence-electron chi connectivity index (χ4n) is 0.815. The van der Waals surface area contributed by atoms with E-state index in [9.17, 15) is 0 Å². The number of halogens is 1. The van der Waals surface area contributed by atoms with E-state index in [0.717, 1.165) is 5.69 Å². The van der Waals surface area contributed by atoms with Crippen molar-refractivity contribution >= 4 is 40.8 Å². The summed E-state index contributed by atoms with van der Waals surface area (Å²) < 4.78 is 0. The third-order valence-electron chi connectivity index (χ3n) is 1.40. The zero-order valence-corrected chi connectivity index (χ0v) is 9.19. The number of nitrogens with one attached hydrogen (secondary N) is 2. The van der Waals surface area contributed by atoms with Gasteiger partial charge in [-0.05, 0) is 43.4 Å². The molecule has 0 bridgehead atoms. The number of anilines is 1. The number of rotatable bonds is 2. The average molecular weight is 228 g/mol. The standard InChI is InChI=1S/C9H10ClN3S/c1-2-11-13-9(14)12-8-5-3-7(10)4-6-8/h2-6H,1H3,(H2,12,13,14)/b11-2+. The Morgan fingerprint density at radius 3 is 2.64 bits per heavy atom. The maximum atomic E-state index is 5.73. The fourth-order valence-corrected chi connectivity index (χ4v) is 1.11. The van der Waals surface area contributed by atoms with Crippen molar-refractivity contribution in [3.8, 4) is 0 Å². The molecule has 2 N–H and O–H groups in total. The van der Waals surface area contributed by atoms with Crippen molar-refractivity contribution in [3.63, 3.8) is 0 Å². The van der Waals surface area contributed by atoms with Gasteiger partial charge in [-0.1, -0.05) is 11.6 Å². The molecule has 0 aliphatic rings. The van der Waals surface area contributed by atoms with Crippen LogP contribution in [0.2, 0.25) is 5.02 Å². The molecule has 0 atom stereocenters. The number of hydrazone groups is 1. The molecule has 0 radical (unpaired) electrons. The van der Waals surface area contributed by atoms with Crippen molar-refractivity contribution in [2.75, 3.05) is 5.32 Å². The summed E-state index contributed by atoms with van der Waals surface area (Å²) in [6.07, 6.45) is 1.62. The Labute approximate surface area is 93.2 Å². The topological polar surface area (TPSA) is 36.4 Å². The number of hydrogen-bond acceptors (Lipinski definition) is 2. The third-order valence-corrected chi connectivity index (χ3v) is 1.84. The minimum Gasteiger partial charge on any atom is -0.331 e. The Hall–Kier alpha value is -1.13. The summed E-state index contributed by atoms with van der Waals surface area (Å²) in [5, 5.41) is 7.88. The second kappa shape index (κ2) is 5.57. The Morgan fingerprint density at radius 1 is 1.43 bits per heavy atom. The number of nitrogens with zero attached hydrogens (tertiary/aromatic N) is 1. The highest BCUT2D eigenvalue weighted by Gasteiger charge is 1.94. The first kappa shape index (κ1) is 10.9. The van der Waals surface area contributed by atoms with Crippen LogP contribution in [0.3, 0.4) is 0 Å². The van der Waals surface area contributed by atoms with Gasteiger partial charge in [0.25, 0.3) is 0 Å². The van der Waals surface area contributed by atoms with Crippen molar-refractivity contribution in [1.82, 2.24) is 5.43 Å². The maximum absolute atomic E-state index is 5.73. The van der Waals surface area contributed by atoms with Gasteiger partial charge in [-0.15, -0.1) is 0 Å². The van der Waals surface area contributed by atoms with E-state index in [-0.39, 0.29) is 0 Å². The molecule has 0 aromatic heterocycles. The van der Waals surface area contributed by atoms with Crippen molar-refractivity contribution in [2.24, 2.45) is 5.10 Å². The van der Waals surface area contributed by atoms with Crippen LogP contribution < -0.4 is 10.7 Å². The van der Waals surface area contributed by atoms with E-state index < -0.39 is 0 Å². The maximum Gasteiger partial charge on any atom is 0.191 e. The van der Waals surface area contributed by atoms with Crippen LogP contribution in [0.15, 0.2) is 29.4 Å². The second-order valence-corrected chi connectivity index (χ2v) is 3.30. The van der Waals surface area contributed by atoms with E-state index in [1.165, 1.54) is 0 Å². The van der Waals surface area contributed by atoms with Gasteiger partial charge in [0.15, 0.2) is 5.11 Å². The minimum absolute atomic E-state index is 0.449. The first-order chi connectivity index (χ1) is 6.72. The van der Waals surface area contributed by atoms with Gasteiger partial charge in [0.1, 0.15) is 0 Å². The molecule has 0 fully saturated rings. The molecule has 3 nitrogen and oxygen atoms in total. The van der Waals surface area contributed by atoms with E-state index in [4.69, 9.17) is 23.8 Å². The zero-order chi connectivity index (χ0) is 10.4. The van der Waals surface area contributed by atoms with E-state index in [1.54, 1.807) is 25.3 Å². The molecule has 0 unspecified atom stereocenters. The molecule has 0 aliphatic carbocycles. The molecule has 0 saturated heterocycles. The van der Waals surface area contributed by atoms with Gasteiger partial charge in [-0.3, -0.25) is 5.43 Å². The van der Waals surface area contributed by atoms with Gasteiger partial charge in [-0.2, -0.15) is 5.10 Å². The lowest BCUT2D eigenvalue weighted by atomic mass is 10.3. The SMILES string of the molecule is C/C=N/NC(=S)Nc1ccc(Cl)cc1. The molecule has 14 heavy (non-hydrogen) atoms. The monoisotopic (exact) mass is 227 g/mol. The summed E-state index contributed by atoms with van der Waals surface area (Å²) in [5.74, 6) is 0. The van der Waals surface area contributed by atoms with Gasteiger partial charge in [0.05, 0.1) is 0 Å². The Kier molecular flexibility index (Phi) is 4.35. The lowest BCUT2D eigenvalue weighted by Gasteiger charge is -2.06. The highest BCUT2D eigenvalue weighted by Crippen LogP contribution is 2.12. The van der Waals surface area contributed by atoms with E-state index in [0.29, 0.717) is 10.1 Å². The van der Waals surface area contributed by atoms with Crippen LogP contribution in [0.1, 0.15) is 6.92 Å². The summed E-state index contributed by atoms with van der Waals surface area (Å²) >= 11 is 10.7. The highest BCUT2D eigenvalue weighted by atomic mass is 35.5. The van der Waals surface area contributed by atoms with E-state index in [2.05, 4.69) is 15.8 Å². The van der Waals surface area contributed by atoms with Crippen LogP contribution in [-0.4, -0.2) is 11.3 Å². The molecular formula is C9H10ClN3S. The summed E-state index contributed by atoms with van der Waals surface area (Å²) in [5.41, 5.74) is 3.53. The molecular weight excluding hydrogens is 218 g/mol. The predicted octanol–water partition coefficient (Wildman–Crippen LogP) is 2.63. The highest BCUT2D eigenvalue weighted by molar-refractivity contribution is 7.80. The summed E-state index contributed by atoms with van der Waals surface area (Å²) in [6.45, 7) is 1.80. The van der Waals surface area contributed by atoms with Crippen LogP contribution in [0.4, 0.5) is 5.69 Å². The van der Waals surface area contributed by atoms with Crippen molar-refractivity contribution in [3.05, 3.63) is 29.3 Å². The predicted molar refractivity (Wildman–Crippen MR) is 65.0 cm³/mol. The molecule has 0 aliphatic heterocycles. The summed E-state index contributed by atoms with van der Waals surface area (Å²) in [7, 11) is 0. The third kappa shape index (κ3) is 3.72. The lowest BCUT2D eigenvalue weighted by Crippen LogP contribution is -2.23. The second-order valence-electron chi connectivity index (χ2n) is 2.46. The molecule has 1 rings (SSSR count). The largest absolute Gasteiger partial charge is 0.331 e. The Morgan fingerprint density at radius 2 is 2.07 bits per heavy atom. The summed E-state index contributed by atoms with van der Waals surface area (Å²) in [4.78, 5) is 0. The molecule has 74 valence electrons. The van der Waals surface area contributed by atoms with Gasteiger partial charge >= 0.3 is 0 Å². The van der Waals surface area contributed by atoms with E-state index in [1.807, 2.05) is 12.1 Å². The average Bonchev–Trinajstić information content (AvgIpc) is 2.18. The number of benzene rings is 1. The summed E-state index contributed by atoms with van der Waals surface area (Å²) in [6, 6.07) is 7.25. The lowest BCUT2D eigenvalue weighted by molar-refractivity contribution is 1.05. The minimum atomic E-state index is 0.449. The van der Waals surface area contributed by atoms with Crippen LogP contribution >= 0.6 is 23.8 Å². The first-order valence-electron chi connectivity index (χ1n) is 4.02. The van der Waals surface area contributed by atoms with Gasteiger partial charge in [0.2, 0.25) is 0 Å².